The number of hydrogen-bond acceptors (Lipinski definition) is 8. The van der Waals surface area contributed by atoms with Gasteiger partial charge in [0.1, 0.15) is 23.9 Å². The number of carbonyl (C=O) groups is 5. The molecule has 0 aliphatic carbocycles. The molecule has 0 bridgehead atoms. The molecular formula is C31H44N6O6S. The molecule has 0 heterocycles. The lowest BCUT2D eigenvalue weighted by atomic mass is 10.0. The van der Waals surface area contributed by atoms with Gasteiger partial charge in [-0.2, -0.15) is 11.8 Å². The predicted molar refractivity (Wildman–Crippen MR) is 170 cm³/mol. The molecular weight excluding hydrogens is 584 g/mol. The molecule has 0 aromatic heterocycles. The molecule has 0 aliphatic heterocycles. The number of nitrogens with one attached hydrogen (secondary N) is 4. The van der Waals surface area contributed by atoms with Gasteiger partial charge in [0, 0.05) is 6.42 Å². The zero-order valence-electron chi connectivity index (χ0n) is 25.4. The Kier molecular flexibility index (Phi) is 15.2. The molecule has 0 fully saturated rings. The third kappa shape index (κ3) is 13.0. The maximum Gasteiger partial charge on any atom is 0.243 e. The molecule has 4 atom stereocenters. The van der Waals surface area contributed by atoms with Crippen LogP contribution < -0.4 is 32.7 Å². The number of rotatable bonds is 18. The van der Waals surface area contributed by atoms with Crippen LogP contribution in [0.4, 0.5) is 0 Å². The molecule has 44 heavy (non-hydrogen) atoms. The van der Waals surface area contributed by atoms with E-state index < -0.39 is 60.2 Å². The van der Waals surface area contributed by atoms with E-state index in [1.807, 2.05) is 50.4 Å². The van der Waals surface area contributed by atoms with Gasteiger partial charge in [0.2, 0.25) is 29.5 Å². The van der Waals surface area contributed by atoms with Crippen LogP contribution in [0.5, 0.6) is 5.75 Å². The number of nitrogens with two attached hydrogens (primary N) is 2. The molecule has 2 rings (SSSR count). The number of carbonyl (C=O) groups excluding carboxylic acids is 5. The Bertz CT molecular complexity index is 1240. The summed E-state index contributed by atoms with van der Waals surface area (Å²) in [5, 5.41) is 20.1. The number of thioether (sulfide) groups is 1. The van der Waals surface area contributed by atoms with Crippen molar-refractivity contribution in [3.05, 3.63) is 65.7 Å². The van der Waals surface area contributed by atoms with Gasteiger partial charge in [0.25, 0.3) is 0 Å². The SMILES string of the molecule is CSCC[C@H](NC(=O)[C@H](CC(C)C)NC(=O)CNC(=O)[C@H](Cc1ccc(O)cc1)NC(=O)[C@@H](N)Cc1ccccc1)C(N)=O. The Morgan fingerprint density at radius 3 is 2.00 bits per heavy atom. The first-order chi connectivity index (χ1) is 20.9. The average molecular weight is 629 g/mol. The van der Waals surface area contributed by atoms with Gasteiger partial charge in [-0.05, 0) is 60.4 Å². The van der Waals surface area contributed by atoms with Crippen LogP contribution in [0.1, 0.15) is 37.8 Å². The molecule has 240 valence electrons. The van der Waals surface area contributed by atoms with E-state index >= 15 is 0 Å². The summed E-state index contributed by atoms with van der Waals surface area (Å²) in [4.78, 5) is 63.8. The molecule has 0 unspecified atom stereocenters. The van der Waals surface area contributed by atoms with Crippen molar-refractivity contribution < 1.29 is 29.1 Å². The van der Waals surface area contributed by atoms with Crippen molar-refractivity contribution >= 4 is 41.3 Å². The monoisotopic (exact) mass is 628 g/mol. The van der Waals surface area contributed by atoms with Crippen molar-refractivity contribution in [2.24, 2.45) is 17.4 Å². The Hall–Kier alpha value is -4.10. The molecule has 12 nitrogen and oxygen atoms in total. The van der Waals surface area contributed by atoms with Crippen LogP contribution in [-0.2, 0) is 36.8 Å². The quantitative estimate of drug-likeness (QED) is 0.122. The first-order valence-corrected chi connectivity index (χ1v) is 15.8. The number of aromatic hydroxyl groups is 1. The molecule has 0 spiro atoms. The second-order valence-electron chi connectivity index (χ2n) is 10.9. The summed E-state index contributed by atoms with van der Waals surface area (Å²) < 4.78 is 0. The topological polar surface area (TPSA) is 206 Å². The smallest absolute Gasteiger partial charge is 0.243 e. The van der Waals surface area contributed by atoms with Gasteiger partial charge >= 0.3 is 0 Å². The van der Waals surface area contributed by atoms with E-state index in [9.17, 15) is 29.1 Å². The van der Waals surface area contributed by atoms with E-state index in [0.717, 1.165) is 5.56 Å². The van der Waals surface area contributed by atoms with Gasteiger partial charge < -0.3 is 37.8 Å². The lowest BCUT2D eigenvalue weighted by Crippen LogP contribution is -2.56. The fraction of sp³-hybridized carbons (Fsp3) is 0.452. The van der Waals surface area contributed by atoms with Gasteiger partial charge in [-0.1, -0.05) is 56.3 Å². The molecule has 2 aromatic rings. The second-order valence-corrected chi connectivity index (χ2v) is 11.9. The zero-order chi connectivity index (χ0) is 32.6. The first kappa shape index (κ1) is 36.1. The molecule has 0 saturated carbocycles. The molecule has 9 N–H and O–H groups in total. The minimum absolute atomic E-state index is 0.0314. The summed E-state index contributed by atoms with van der Waals surface area (Å²) in [5.41, 5.74) is 13.1. The van der Waals surface area contributed by atoms with Crippen molar-refractivity contribution in [1.82, 2.24) is 21.3 Å². The van der Waals surface area contributed by atoms with Gasteiger partial charge in [-0.15, -0.1) is 0 Å². The van der Waals surface area contributed by atoms with Crippen LogP contribution in [0.25, 0.3) is 0 Å². The van der Waals surface area contributed by atoms with Crippen molar-refractivity contribution in [2.45, 2.75) is 63.7 Å². The van der Waals surface area contributed by atoms with E-state index in [2.05, 4.69) is 21.3 Å². The van der Waals surface area contributed by atoms with Crippen LogP contribution in [0.2, 0.25) is 0 Å². The van der Waals surface area contributed by atoms with E-state index in [4.69, 9.17) is 11.5 Å². The fourth-order valence-corrected chi connectivity index (χ4v) is 4.82. The molecule has 0 saturated heterocycles. The summed E-state index contributed by atoms with van der Waals surface area (Å²) in [7, 11) is 0. The van der Waals surface area contributed by atoms with Crippen molar-refractivity contribution in [1.29, 1.82) is 0 Å². The lowest BCUT2D eigenvalue weighted by Gasteiger charge is -2.24. The van der Waals surface area contributed by atoms with E-state index in [1.165, 1.54) is 23.9 Å². The standard InChI is InChI=1S/C31H44N6O6S/c1-19(2)15-25(31(43)36-24(28(33)40)13-14-44-3)35-27(39)18-34-30(42)26(17-21-9-11-22(38)12-10-21)37-29(41)23(32)16-20-7-5-4-6-8-20/h4-12,19,23-26,38H,13-18,32H2,1-3H3,(H2,33,40)(H,34,42)(H,35,39)(H,36,43)(H,37,41)/t23-,24-,25-,26-/m0/s1. The third-order valence-electron chi connectivity index (χ3n) is 6.70. The van der Waals surface area contributed by atoms with Crippen LogP contribution >= 0.6 is 11.8 Å². The highest BCUT2D eigenvalue weighted by Gasteiger charge is 2.28. The molecule has 13 heteroatoms. The maximum absolute atomic E-state index is 13.2. The normalized spacial score (nSPS) is 13.7. The molecule has 0 radical (unpaired) electrons. The number of phenolic OH excluding ortho intramolecular Hbond substituents is 1. The van der Waals surface area contributed by atoms with E-state index in [1.54, 1.807) is 12.1 Å². The van der Waals surface area contributed by atoms with E-state index in [0.29, 0.717) is 24.2 Å². The highest BCUT2D eigenvalue weighted by Crippen LogP contribution is 2.12. The summed E-state index contributed by atoms with van der Waals surface area (Å²) in [6.45, 7) is 3.30. The van der Waals surface area contributed by atoms with Crippen LogP contribution in [0.15, 0.2) is 54.6 Å². The number of benzene rings is 2. The second kappa shape index (κ2) is 18.5. The summed E-state index contributed by atoms with van der Waals surface area (Å²) in [6.07, 6.45) is 2.84. The third-order valence-corrected chi connectivity index (χ3v) is 7.34. The summed E-state index contributed by atoms with van der Waals surface area (Å²) in [5.74, 6) is -2.33. The molecule has 2 aromatic carbocycles. The minimum atomic E-state index is -1.08. The summed E-state index contributed by atoms with van der Waals surface area (Å²) in [6, 6.07) is 11.5. The largest absolute Gasteiger partial charge is 0.508 e. The Labute approximate surface area is 262 Å². The number of amides is 5. The lowest BCUT2D eigenvalue weighted by molar-refractivity contribution is -0.132. The van der Waals surface area contributed by atoms with Gasteiger partial charge in [0.15, 0.2) is 0 Å². The Morgan fingerprint density at radius 2 is 1.41 bits per heavy atom. The highest BCUT2D eigenvalue weighted by atomic mass is 32.2. The van der Waals surface area contributed by atoms with Gasteiger partial charge in [0.05, 0.1) is 12.6 Å². The van der Waals surface area contributed by atoms with Gasteiger partial charge in [-0.25, -0.2) is 0 Å². The van der Waals surface area contributed by atoms with Crippen molar-refractivity contribution in [3.8, 4) is 5.75 Å². The van der Waals surface area contributed by atoms with Crippen LogP contribution in [-0.4, -0.2) is 77.4 Å². The Balaban J connectivity index is 2.07. The molecule has 0 aliphatic rings. The number of phenols is 1. The minimum Gasteiger partial charge on any atom is -0.508 e. The number of hydrogen-bond donors (Lipinski definition) is 7. The van der Waals surface area contributed by atoms with Gasteiger partial charge in [-0.3, -0.25) is 24.0 Å². The van der Waals surface area contributed by atoms with E-state index in [-0.39, 0.29) is 24.5 Å². The average Bonchev–Trinajstić information content (AvgIpc) is 2.98. The number of primary amides is 1. The first-order valence-electron chi connectivity index (χ1n) is 14.4. The Morgan fingerprint density at radius 1 is 0.795 bits per heavy atom. The highest BCUT2D eigenvalue weighted by molar-refractivity contribution is 7.98. The zero-order valence-corrected chi connectivity index (χ0v) is 26.2. The van der Waals surface area contributed by atoms with Crippen molar-refractivity contribution in [3.63, 3.8) is 0 Å². The predicted octanol–water partition coefficient (Wildman–Crippen LogP) is 0.360. The van der Waals surface area contributed by atoms with Crippen molar-refractivity contribution in [2.75, 3.05) is 18.6 Å². The fourth-order valence-electron chi connectivity index (χ4n) is 4.35. The van der Waals surface area contributed by atoms with Crippen LogP contribution in [0, 0.1) is 5.92 Å². The summed E-state index contributed by atoms with van der Waals surface area (Å²) >= 11 is 1.51. The maximum atomic E-state index is 13.2. The molecule has 5 amide bonds. The van der Waals surface area contributed by atoms with Crippen LogP contribution in [0.3, 0.4) is 0 Å².